The van der Waals surface area contributed by atoms with Gasteiger partial charge in [0.2, 0.25) is 10.0 Å². The highest BCUT2D eigenvalue weighted by Crippen LogP contribution is 2.24. The van der Waals surface area contributed by atoms with Crippen molar-refractivity contribution in [2.45, 2.75) is 32.4 Å². The van der Waals surface area contributed by atoms with Gasteiger partial charge in [-0.05, 0) is 61.7 Å². The first-order valence-corrected chi connectivity index (χ1v) is 12.4. The molecule has 0 aliphatic carbocycles. The summed E-state index contributed by atoms with van der Waals surface area (Å²) in [5.74, 6) is -0.174. The Hall–Kier alpha value is -2.83. The molecule has 5 nitrogen and oxygen atoms in total. The van der Waals surface area contributed by atoms with Gasteiger partial charge in [0.1, 0.15) is 0 Å². The molecule has 3 aromatic rings. The largest absolute Gasteiger partial charge is 0.347 e. The molecule has 0 atom stereocenters. The Labute approximate surface area is 195 Å². The predicted molar refractivity (Wildman–Crippen MR) is 131 cm³/mol. The van der Waals surface area contributed by atoms with Gasteiger partial charge in [-0.2, -0.15) is 0 Å². The number of amides is 1. The molecule has 1 amide bonds. The summed E-state index contributed by atoms with van der Waals surface area (Å²) in [5, 5.41) is 3.54. The first-order chi connectivity index (χ1) is 15.0. The predicted octanol–water partition coefficient (Wildman–Crippen LogP) is 5.06. The Bertz CT molecular complexity index is 1180. The van der Waals surface area contributed by atoms with E-state index in [9.17, 15) is 13.2 Å². The van der Waals surface area contributed by atoms with Crippen molar-refractivity contribution in [3.63, 3.8) is 0 Å². The molecular formula is C25H27ClN2O3S. The van der Waals surface area contributed by atoms with Gasteiger partial charge >= 0.3 is 0 Å². The van der Waals surface area contributed by atoms with E-state index in [1.165, 1.54) is 4.31 Å². The second kappa shape index (κ2) is 9.76. The number of hydrogen-bond donors (Lipinski definition) is 1. The number of nitrogens with one attached hydrogen (secondary N) is 1. The van der Waals surface area contributed by atoms with Gasteiger partial charge in [0, 0.05) is 16.1 Å². The third kappa shape index (κ3) is 6.58. The summed E-state index contributed by atoms with van der Waals surface area (Å²) in [7, 11) is -3.52. The van der Waals surface area contributed by atoms with Crippen LogP contribution in [0.5, 0.6) is 0 Å². The number of halogens is 1. The van der Waals surface area contributed by atoms with Crippen LogP contribution in [0.2, 0.25) is 5.02 Å². The zero-order chi connectivity index (χ0) is 23.4. The van der Waals surface area contributed by atoms with Gasteiger partial charge in [-0.1, -0.05) is 60.1 Å². The molecule has 0 aliphatic rings. The van der Waals surface area contributed by atoms with Crippen LogP contribution in [-0.2, 0) is 23.0 Å². The maximum absolute atomic E-state index is 12.8. The molecular weight excluding hydrogens is 444 g/mol. The van der Waals surface area contributed by atoms with E-state index in [1.807, 2.05) is 44.2 Å². The van der Waals surface area contributed by atoms with Crippen LogP contribution >= 0.6 is 11.6 Å². The topological polar surface area (TPSA) is 66.5 Å². The number of anilines is 1. The van der Waals surface area contributed by atoms with E-state index in [2.05, 4.69) is 5.32 Å². The molecule has 0 spiro atoms. The molecule has 3 aromatic carbocycles. The Morgan fingerprint density at radius 1 is 0.938 bits per heavy atom. The molecule has 0 bridgehead atoms. The van der Waals surface area contributed by atoms with E-state index in [-0.39, 0.29) is 12.5 Å². The van der Waals surface area contributed by atoms with Crippen molar-refractivity contribution >= 4 is 33.2 Å². The number of carbonyl (C=O) groups excluding carboxylic acids is 1. The molecule has 0 saturated carbocycles. The molecule has 0 unspecified atom stereocenters. The average molecular weight is 471 g/mol. The molecule has 7 heteroatoms. The number of carbonyl (C=O) groups is 1. The van der Waals surface area contributed by atoms with Crippen LogP contribution in [-0.4, -0.2) is 26.1 Å². The number of nitrogens with zero attached hydrogens (tertiary/aromatic N) is 1. The minimum atomic E-state index is -3.52. The summed E-state index contributed by atoms with van der Waals surface area (Å²) in [6.45, 7) is 4.11. The fraction of sp³-hybridized carbons (Fsp3) is 0.240. The standard InChI is InChI=1S/C25H27ClN2O3S/c1-25(2,17-19-8-5-4-6-9-19)27-24(29)21-14-12-20(13-15-21)18-28(32(3,30)31)23-11-7-10-22(26)16-23/h4-16H,17-18H2,1-3H3,(H,27,29). The van der Waals surface area contributed by atoms with E-state index in [0.717, 1.165) is 17.4 Å². The molecule has 0 saturated heterocycles. The van der Waals surface area contributed by atoms with E-state index in [4.69, 9.17) is 11.6 Å². The SMILES string of the molecule is CC(C)(Cc1ccccc1)NC(=O)c1ccc(CN(c2cccc(Cl)c2)S(C)(=O)=O)cc1. The first kappa shape index (κ1) is 23.8. The summed E-state index contributed by atoms with van der Waals surface area (Å²) in [6.07, 6.45) is 1.87. The maximum atomic E-state index is 12.8. The zero-order valence-corrected chi connectivity index (χ0v) is 20.0. The minimum Gasteiger partial charge on any atom is -0.347 e. The van der Waals surface area contributed by atoms with E-state index >= 15 is 0 Å². The first-order valence-electron chi connectivity index (χ1n) is 10.2. The van der Waals surface area contributed by atoms with Gasteiger partial charge in [-0.15, -0.1) is 0 Å². The monoisotopic (exact) mass is 470 g/mol. The molecule has 0 aromatic heterocycles. The third-order valence-corrected chi connectivity index (χ3v) is 6.36. The van der Waals surface area contributed by atoms with Crippen molar-refractivity contribution in [3.8, 4) is 0 Å². The van der Waals surface area contributed by atoms with Crippen LogP contribution in [0.3, 0.4) is 0 Å². The number of sulfonamides is 1. The molecule has 3 rings (SSSR count). The Balaban J connectivity index is 1.71. The summed E-state index contributed by atoms with van der Waals surface area (Å²) >= 11 is 6.04. The van der Waals surface area contributed by atoms with Crippen LogP contribution in [0.1, 0.15) is 35.3 Å². The lowest BCUT2D eigenvalue weighted by Gasteiger charge is -2.26. The van der Waals surface area contributed by atoms with E-state index in [1.54, 1.807) is 48.5 Å². The van der Waals surface area contributed by atoms with Gasteiger partial charge in [0.15, 0.2) is 0 Å². The smallest absolute Gasteiger partial charge is 0.251 e. The van der Waals surface area contributed by atoms with Gasteiger partial charge in [0.05, 0.1) is 18.5 Å². The third-order valence-electron chi connectivity index (χ3n) is 4.98. The molecule has 0 fully saturated rings. The van der Waals surface area contributed by atoms with Crippen LogP contribution < -0.4 is 9.62 Å². The van der Waals surface area contributed by atoms with Crippen molar-refractivity contribution in [1.82, 2.24) is 5.32 Å². The van der Waals surface area contributed by atoms with Gasteiger partial charge in [-0.25, -0.2) is 8.42 Å². The van der Waals surface area contributed by atoms with Crippen molar-refractivity contribution < 1.29 is 13.2 Å². The average Bonchev–Trinajstić information content (AvgIpc) is 2.71. The normalized spacial score (nSPS) is 11.8. The lowest BCUT2D eigenvalue weighted by molar-refractivity contribution is 0.0913. The summed E-state index contributed by atoms with van der Waals surface area (Å²) in [6, 6.07) is 23.7. The quantitative estimate of drug-likeness (QED) is 0.500. The minimum absolute atomic E-state index is 0.139. The van der Waals surface area contributed by atoms with Gasteiger partial charge < -0.3 is 5.32 Å². The maximum Gasteiger partial charge on any atom is 0.251 e. The highest BCUT2D eigenvalue weighted by Gasteiger charge is 2.22. The van der Waals surface area contributed by atoms with Crippen molar-refractivity contribution in [3.05, 3.63) is 101 Å². The fourth-order valence-corrected chi connectivity index (χ4v) is 4.55. The summed E-state index contributed by atoms with van der Waals surface area (Å²) in [5.41, 5.74) is 2.50. The number of rotatable bonds is 8. The second-order valence-corrected chi connectivity index (χ2v) is 10.8. The molecule has 0 aliphatic heterocycles. The van der Waals surface area contributed by atoms with Crippen molar-refractivity contribution in [2.75, 3.05) is 10.6 Å². The highest BCUT2D eigenvalue weighted by atomic mass is 35.5. The van der Waals surface area contributed by atoms with Crippen LogP contribution in [0.25, 0.3) is 0 Å². The number of hydrogen-bond acceptors (Lipinski definition) is 3. The molecule has 168 valence electrons. The summed E-state index contributed by atoms with van der Waals surface area (Å²) in [4.78, 5) is 12.8. The van der Waals surface area contributed by atoms with Crippen LogP contribution in [0.4, 0.5) is 5.69 Å². The lowest BCUT2D eigenvalue weighted by atomic mass is 9.94. The Kier molecular flexibility index (Phi) is 7.26. The fourth-order valence-electron chi connectivity index (χ4n) is 3.49. The van der Waals surface area contributed by atoms with Gasteiger partial charge in [0.25, 0.3) is 5.91 Å². The van der Waals surface area contributed by atoms with Crippen LogP contribution in [0.15, 0.2) is 78.9 Å². The van der Waals surface area contributed by atoms with E-state index < -0.39 is 15.6 Å². The lowest BCUT2D eigenvalue weighted by Crippen LogP contribution is -2.45. The second-order valence-electron chi connectivity index (χ2n) is 8.45. The zero-order valence-electron chi connectivity index (χ0n) is 18.4. The molecule has 0 heterocycles. The molecule has 0 radical (unpaired) electrons. The molecule has 32 heavy (non-hydrogen) atoms. The van der Waals surface area contributed by atoms with E-state index in [0.29, 0.717) is 22.7 Å². The Morgan fingerprint density at radius 3 is 2.19 bits per heavy atom. The van der Waals surface area contributed by atoms with Crippen LogP contribution in [0, 0.1) is 0 Å². The highest BCUT2D eigenvalue weighted by molar-refractivity contribution is 7.92. The summed E-state index contributed by atoms with van der Waals surface area (Å²) < 4.78 is 26.0. The van der Waals surface area contributed by atoms with Crippen molar-refractivity contribution in [2.24, 2.45) is 0 Å². The number of benzene rings is 3. The molecule has 1 N–H and O–H groups in total. The van der Waals surface area contributed by atoms with Gasteiger partial charge in [-0.3, -0.25) is 9.10 Å². The van der Waals surface area contributed by atoms with Crippen molar-refractivity contribution in [1.29, 1.82) is 0 Å². The Morgan fingerprint density at radius 2 is 1.59 bits per heavy atom.